The van der Waals surface area contributed by atoms with Crippen molar-refractivity contribution in [2.75, 3.05) is 12.4 Å². The van der Waals surface area contributed by atoms with Crippen molar-refractivity contribution in [3.63, 3.8) is 0 Å². The monoisotopic (exact) mass is 219 g/mol. The molecule has 0 atom stereocenters. The maximum atomic E-state index is 11.3. The van der Waals surface area contributed by atoms with Gasteiger partial charge < -0.3 is 15.3 Å². The number of benzene rings is 1. The quantitative estimate of drug-likeness (QED) is 0.450. The zero-order chi connectivity index (χ0) is 12.0. The number of nitrogens with one attached hydrogen (secondary N) is 1. The van der Waals surface area contributed by atoms with E-state index >= 15 is 0 Å². The van der Waals surface area contributed by atoms with Crippen LogP contribution in [0.25, 0.3) is 0 Å². The Morgan fingerprint density at radius 1 is 1.50 bits per heavy atom. The molecule has 6 nitrogen and oxygen atoms in total. The molecule has 6 heteroatoms. The highest BCUT2D eigenvalue weighted by molar-refractivity contribution is 6.48. The van der Waals surface area contributed by atoms with Gasteiger partial charge in [0.05, 0.1) is 7.11 Å². The van der Waals surface area contributed by atoms with Crippen LogP contribution in [-0.2, 0) is 4.79 Å². The summed E-state index contributed by atoms with van der Waals surface area (Å²) in [4.78, 5) is 11.3. The summed E-state index contributed by atoms with van der Waals surface area (Å²) in [6, 6.07) is 7.96. The van der Waals surface area contributed by atoms with Gasteiger partial charge in [0.25, 0.3) is 5.91 Å². The van der Waals surface area contributed by atoms with Crippen LogP contribution in [0.3, 0.4) is 0 Å². The van der Waals surface area contributed by atoms with Gasteiger partial charge in [0, 0.05) is 5.69 Å². The SMILES string of the molecule is COc1ccc(NC(=O)/C(C#N)=N/O)cc1. The van der Waals surface area contributed by atoms with E-state index in [1.54, 1.807) is 24.3 Å². The van der Waals surface area contributed by atoms with Crippen molar-refractivity contribution >= 4 is 17.3 Å². The predicted octanol–water partition coefficient (Wildman–Crippen LogP) is 0.987. The van der Waals surface area contributed by atoms with Gasteiger partial charge in [-0.2, -0.15) is 5.26 Å². The Balaban J connectivity index is 2.74. The molecule has 0 aliphatic heterocycles. The van der Waals surface area contributed by atoms with Gasteiger partial charge in [0.15, 0.2) is 0 Å². The molecule has 1 rings (SSSR count). The van der Waals surface area contributed by atoms with E-state index in [9.17, 15) is 4.79 Å². The third-order valence-electron chi connectivity index (χ3n) is 1.77. The molecule has 1 aromatic carbocycles. The second kappa shape index (κ2) is 5.36. The maximum absolute atomic E-state index is 11.3. The molecule has 16 heavy (non-hydrogen) atoms. The lowest BCUT2D eigenvalue weighted by Crippen LogP contribution is -2.21. The largest absolute Gasteiger partial charge is 0.497 e. The van der Waals surface area contributed by atoms with Crippen molar-refractivity contribution in [1.29, 1.82) is 5.26 Å². The molecule has 0 saturated carbocycles. The molecule has 0 aliphatic carbocycles. The second-order valence-electron chi connectivity index (χ2n) is 2.74. The van der Waals surface area contributed by atoms with Crippen LogP contribution < -0.4 is 10.1 Å². The summed E-state index contributed by atoms with van der Waals surface area (Å²) in [5, 5.41) is 21.7. The summed E-state index contributed by atoms with van der Waals surface area (Å²) < 4.78 is 4.94. The van der Waals surface area contributed by atoms with E-state index in [1.807, 2.05) is 0 Å². The predicted molar refractivity (Wildman–Crippen MR) is 56.5 cm³/mol. The lowest BCUT2D eigenvalue weighted by Gasteiger charge is -2.04. The van der Waals surface area contributed by atoms with E-state index < -0.39 is 11.6 Å². The minimum Gasteiger partial charge on any atom is -0.497 e. The number of nitriles is 1. The summed E-state index contributed by atoms with van der Waals surface area (Å²) in [6.07, 6.45) is 0. The summed E-state index contributed by atoms with van der Waals surface area (Å²) in [5.74, 6) is -0.121. The van der Waals surface area contributed by atoms with Crippen LogP contribution in [0.5, 0.6) is 5.75 Å². The smallest absolute Gasteiger partial charge is 0.288 e. The molecule has 82 valence electrons. The van der Waals surface area contributed by atoms with Gasteiger partial charge >= 0.3 is 0 Å². The Labute approximate surface area is 91.8 Å². The van der Waals surface area contributed by atoms with E-state index in [2.05, 4.69) is 10.5 Å². The van der Waals surface area contributed by atoms with Gasteiger partial charge in [-0.05, 0) is 24.3 Å². The topological polar surface area (TPSA) is 94.7 Å². The fourth-order valence-electron chi connectivity index (χ4n) is 0.983. The number of ether oxygens (including phenoxy) is 1. The zero-order valence-corrected chi connectivity index (χ0v) is 8.47. The van der Waals surface area contributed by atoms with Crippen LogP contribution in [0, 0.1) is 11.3 Å². The van der Waals surface area contributed by atoms with Crippen LogP contribution in [0.4, 0.5) is 5.69 Å². The number of hydrogen-bond acceptors (Lipinski definition) is 5. The van der Waals surface area contributed by atoms with Crippen molar-refractivity contribution in [3.05, 3.63) is 24.3 Å². The number of carbonyl (C=O) groups excluding carboxylic acids is 1. The van der Waals surface area contributed by atoms with Crippen LogP contribution >= 0.6 is 0 Å². The standard InChI is InChI=1S/C10H9N3O3/c1-16-8-4-2-7(3-5-8)12-10(14)9(6-11)13-15/h2-5,15H,1H3,(H,12,14)/b13-9+. The van der Waals surface area contributed by atoms with Gasteiger partial charge in [-0.15, -0.1) is 0 Å². The van der Waals surface area contributed by atoms with Gasteiger partial charge in [-0.3, -0.25) is 4.79 Å². The fraction of sp³-hybridized carbons (Fsp3) is 0.100. The lowest BCUT2D eigenvalue weighted by atomic mass is 10.3. The first-order valence-electron chi connectivity index (χ1n) is 4.29. The molecule has 0 heterocycles. The first kappa shape index (κ1) is 11.5. The molecule has 1 amide bonds. The molecule has 0 radical (unpaired) electrons. The van der Waals surface area contributed by atoms with E-state index in [-0.39, 0.29) is 0 Å². The van der Waals surface area contributed by atoms with Crippen LogP contribution in [0.2, 0.25) is 0 Å². The Hall–Kier alpha value is -2.55. The average molecular weight is 219 g/mol. The number of anilines is 1. The molecule has 0 fully saturated rings. The zero-order valence-electron chi connectivity index (χ0n) is 8.47. The summed E-state index contributed by atoms with van der Waals surface area (Å²) in [7, 11) is 1.53. The summed E-state index contributed by atoms with van der Waals surface area (Å²) >= 11 is 0. The highest BCUT2D eigenvalue weighted by atomic mass is 16.5. The third-order valence-corrected chi connectivity index (χ3v) is 1.77. The highest BCUT2D eigenvalue weighted by Crippen LogP contribution is 2.14. The number of rotatable bonds is 3. The fourth-order valence-corrected chi connectivity index (χ4v) is 0.983. The van der Waals surface area contributed by atoms with E-state index in [1.165, 1.54) is 13.2 Å². The third kappa shape index (κ3) is 2.72. The van der Waals surface area contributed by atoms with Gasteiger partial charge in [0.1, 0.15) is 11.8 Å². The van der Waals surface area contributed by atoms with E-state index in [0.29, 0.717) is 11.4 Å². The molecular formula is C10H9N3O3. The molecule has 0 unspecified atom stereocenters. The molecule has 0 aromatic heterocycles. The number of methoxy groups -OCH3 is 1. The second-order valence-corrected chi connectivity index (χ2v) is 2.74. The Morgan fingerprint density at radius 3 is 2.56 bits per heavy atom. The molecule has 0 aliphatic rings. The highest BCUT2D eigenvalue weighted by Gasteiger charge is 2.11. The molecular weight excluding hydrogens is 210 g/mol. The summed E-state index contributed by atoms with van der Waals surface area (Å²) in [6.45, 7) is 0. The maximum Gasteiger partial charge on any atom is 0.288 e. The van der Waals surface area contributed by atoms with Crippen molar-refractivity contribution in [3.8, 4) is 11.8 Å². The molecule has 0 saturated heterocycles. The lowest BCUT2D eigenvalue weighted by molar-refractivity contribution is -0.110. The number of hydrogen-bond donors (Lipinski definition) is 2. The van der Waals surface area contributed by atoms with Crippen LogP contribution in [-0.4, -0.2) is 23.9 Å². The average Bonchev–Trinajstić information content (AvgIpc) is 2.31. The first-order chi connectivity index (χ1) is 7.71. The van der Waals surface area contributed by atoms with Crippen molar-refractivity contribution in [2.24, 2.45) is 5.16 Å². The minimum atomic E-state index is -0.768. The van der Waals surface area contributed by atoms with Crippen molar-refractivity contribution in [2.45, 2.75) is 0 Å². The number of amides is 1. The number of oxime groups is 1. The van der Waals surface area contributed by atoms with Crippen LogP contribution in [0.15, 0.2) is 29.4 Å². The summed E-state index contributed by atoms with van der Waals surface area (Å²) in [5.41, 5.74) is -0.127. The molecule has 1 aromatic rings. The van der Waals surface area contributed by atoms with Crippen molar-refractivity contribution in [1.82, 2.24) is 0 Å². The Kier molecular flexibility index (Phi) is 3.86. The van der Waals surface area contributed by atoms with Crippen molar-refractivity contribution < 1.29 is 14.7 Å². The number of nitrogens with zero attached hydrogens (tertiary/aromatic N) is 2. The molecule has 0 bridgehead atoms. The molecule has 0 spiro atoms. The first-order valence-corrected chi connectivity index (χ1v) is 4.29. The molecule has 2 N–H and O–H groups in total. The number of carbonyl (C=O) groups is 1. The van der Waals surface area contributed by atoms with Gasteiger partial charge in [-0.1, -0.05) is 5.16 Å². The Bertz CT molecular complexity index is 445. The normalized spacial score (nSPS) is 10.4. The minimum absolute atomic E-state index is 0.474. The van der Waals surface area contributed by atoms with E-state index in [4.69, 9.17) is 15.2 Å². The van der Waals surface area contributed by atoms with Gasteiger partial charge in [-0.25, -0.2) is 0 Å². The van der Waals surface area contributed by atoms with E-state index in [0.717, 1.165) is 0 Å². The van der Waals surface area contributed by atoms with Crippen LogP contribution in [0.1, 0.15) is 0 Å². The Morgan fingerprint density at radius 2 is 2.12 bits per heavy atom. The van der Waals surface area contributed by atoms with Gasteiger partial charge in [0.2, 0.25) is 5.71 Å².